The van der Waals surface area contributed by atoms with Gasteiger partial charge < -0.3 is 0 Å². The molecule has 0 bridgehead atoms. The second-order valence-corrected chi connectivity index (χ2v) is 8.74. The average molecular weight is 447 g/mol. The zero-order chi connectivity index (χ0) is 21.2. The van der Waals surface area contributed by atoms with Crippen LogP contribution < -0.4 is 4.90 Å². The van der Waals surface area contributed by atoms with Crippen LogP contribution in [0.1, 0.15) is 23.2 Å². The van der Waals surface area contributed by atoms with E-state index in [1.165, 1.54) is 36.4 Å². The maximum Gasteiger partial charge on any atom is 0.239 e. The lowest BCUT2D eigenvalue weighted by molar-refractivity contribution is -0.123. The molecule has 0 unspecified atom stereocenters. The molecule has 3 aliphatic heterocycles. The summed E-state index contributed by atoms with van der Waals surface area (Å²) in [6.45, 7) is 0.655. The van der Waals surface area contributed by atoms with Gasteiger partial charge in [0.15, 0.2) is 5.78 Å². The smallest absolute Gasteiger partial charge is 0.239 e. The standard InChI is InChI=1S/C22H17Cl2FN2O3/c23-14-8-7-13(10-15(14)24)27-21(29)17-16-2-1-9-26(16)19(18(17)22(27)30)20(28)11-3-5-12(25)6-4-11/h3-8,10,16-19H,1-2,9H2/t16-,17+,18-,19+/m1/s1. The van der Waals surface area contributed by atoms with Crippen molar-refractivity contribution in [1.29, 1.82) is 0 Å². The van der Waals surface area contributed by atoms with Gasteiger partial charge in [-0.2, -0.15) is 0 Å². The minimum absolute atomic E-state index is 0.159. The Morgan fingerprint density at radius 2 is 1.67 bits per heavy atom. The quantitative estimate of drug-likeness (QED) is 0.528. The van der Waals surface area contributed by atoms with Gasteiger partial charge in [0.2, 0.25) is 11.8 Å². The summed E-state index contributed by atoms with van der Waals surface area (Å²) in [5.74, 6) is -2.76. The maximum atomic E-state index is 13.4. The van der Waals surface area contributed by atoms with Gasteiger partial charge in [0.05, 0.1) is 33.6 Å². The number of amides is 2. The number of fused-ring (bicyclic) bond motifs is 3. The van der Waals surface area contributed by atoms with Crippen molar-refractivity contribution in [2.45, 2.75) is 24.9 Å². The van der Waals surface area contributed by atoms with Gasteiger partial charge in [-0.1, -0.05) is 23.2 Å². The molecule has 154 valence electrons. The van der Waals surface area contributed by atoms with Crippen LogP contribution in [-0.4, -0.2) is 41.1 Å². The normalized spacial score (nSPS) is 28.2. The lowest BCUT2D eigenvalue weighted by atomic mass is 9.85. The molecular formula is C22H17Cl2FN2O3. The number of nitrogens with zero attached hydrogens (tertiary/aromatic N) is 2. The van der Waals surface area contributed by atoms with Crippen LogP contribution in [0.15, 0.2) is 42.5 Å². The number of carbonyl (C=O) groups excluding carboxylic acids is 3. The van der Waals surface area contributed by atoms with Crippen LogP contribution in [0.25, 0.3) is 0 Å². The minimum atomic E-state index is -0.769. The van der Waals surface area contributed by atoms with Crippen LogP contribution in [0.5, 0.6) is 0 Å². The van der Waals surface area contributed by atoms with Gasteiger partial charge in [-0.3, -0.25) is 19.3 Å². The second-order valence-electron chi connectivity index (χ2n) is 7.93. The second kappa shape index (κ2) is 7.15. The van der Waals surface area contributed by atoms with Crippen molar-refractivity contribution in [3.63, 3.8) is 0 Å². The minimum Gasteiger partial charge on any atom is -0.292 e. The van der Waals surface area contributed by atoms with Crippen molar-refractivity contribution in [3.05, 3.63) is 63.9 Å². The monoisotopic (exact) mass is 446 g/mol. The van der Waals surface area contributed by atoms with E-state index in [-0.39, 0.29) is 22.8 Å². The Morgan fingerprint density at radius 1 is 0.967 bits per heavy atom. The molecule has 2 aromatic rings. The van der Waals surface area contributed by atoms with Crippen molar-refractivity contribution in [2.75, 3.05) is 11.4 Å². The molecule has 0 spiro atoms. The fourth-order valence-electron chi connectivity index (χ4n) is 5.18. The summed E-state index contributed by atoms with van der Waals surface area (Å²) < 4.78 is 13.3. The molecule has 8 heteroatoms. The molecule has 2 amide bonds. The summed E-state index contributed by atoms with van der Waals surface area (Å²) in [7, 11) is 0. The molecule has 5 nitrogen and oxygen atoms in total. The third-order valence-corrected chi connectivity index (χ3v) is 7.15. The van der Waals surface area contributed by atoms with Gasteiger partial charge in [0, 0.05) is 11.6 Å². The maximum absolute atomic E-state index is 13.4. The van der Waals surface area contributed by atoms with Crippen molar-refractivity contribution in [3.8, 4) is 0 Å². The van der Waals surface area contributed by atoms with Crippen molar-refractivity contribution >= 4 is 46.5 Å². The zero-order valence-electron chi connectivity index (χ0n) is 15.7. The molecule has 30 heavy (non-hydrogen) atoms. The average Bonchev–Trinajstić information content (AvgIpc) is 3.36. The molecule has 4 atom stereocenters. The van der Waals surface area contributed by atoms with E-state index in [0.29, 0.717) is 22.8 Å². The van der Waals surface area contributed by atoms with Crippen LogP contribution in [0.3, 0.4) is 0 Å². The van der Waals surface area contributed by atoms with E-state index in [9.17, 15) is 18.8 Å². The van der Waals surface area contributed by atoms with Gasteiger partial charge in [0.25, 0.3) is 0 Å². The molecular weight excluding hydrogens is 430 g/mol. The van der Waals surface area contributed by atoms with Crippen LogP contribution in [0.4, 0.5) is 10.1 Å². The van der Waals surface area contributed by atoms with Crippen LogP contribution in [0, 0.1) is 17.7 Å². The van der Waals surface area contributed by atoms with E-state index in [2.05, 4.69) is 0 Å². The van der Waals surface area contributed by atoms with Gasteiger partial charge >= 0.3 is 0 Å². The van der Waals surface area contributed by atoms with Crippen molar-refractivity contribution in [2.24, 2.45) is 11.8 Å². The number of anilines is 1. The molecule has 0 aliphatic carbocycles. The van der Waals surface area contributed by atoms with E-state index in [1.807, 2.05) is 4.90 Å². The number of hydrogen-bond acceptors (Lipinski definition) is 4. The molecule has 2 aromatic carbocycles. The first-order chi connectivity index (χ1) is 14.4. The number of benzene rings is 2. The molecule has 0 radical (unpaired) electrons. The lowest BCUT2D eigenvalue weighted by Crippen LogP contribution is -2.46. The predicted molar refractivity (Wildman–Crippen MR) is 110 cm³/mol. The summed E-state index contributed by atoms with van der Waals surface area (Å²) in [4.78, 5) is 43.2. The Balaban J connectivity index is 1.55. The highest BCUT2D eigenvalue weighted by Crippen LogP contribution is 2.48. The number of rotatable bonds is 3. The SMILES string of the molecule is O=C(c1ccc(F)cc1)[C@@H]1[C@@H]2C(=O)N(c3ccc(Cl)c(Cl)c3)C(=O)[C@H]2[C@H]2CCCN21. The van der Waals surface area contributed by atoms with Gasteiger partial charge in [-0.05, 0) is 61.9 Å². The predicted octanol–water partition coefficient (Wildman–Crippen LogP) is 3.97. The van der Waals surface area contributed by atoms with E-state index in [0.717, 1.165) is 17.7 Å². The molecule has 3 heterocycles. The Morgan fingerprint density at radius 3 is 2.37 bits per heavy atom. The van der Waals surface area contributed by atoms with Crippen molar-refractivity contribution < 1.29 is 18.8 Å². The Hall–Kier alpha value is -2.28. The highest BCUT2D eigenvalue weighted by atomic mass is 35.5. The molecule has 0 aromatic heterocycles. The fraction of sp³-hybridized carbons (Fsp3) is 0.318. The summed E-state index contributed by atoms with van der Waals surface area (Å²) >= 11 is 12.1. The van der Waals surface area contributed by atoms with E-state index < -0.39 is 29.6 Å². The Labute approximate surface area is 182 Å². The summed E-state index contributed by atoms with van der Waals surface area (Å²) in [5.41, 5.74) is 0.687. The molecule has 3 saturated heterocycles. The van der Waals surface area contributed by atoms with E-state index >= 15 is 0 Å². The first-order valence-corrected chi connectivity index (χ1v) is 10.5. The topological polar surface area (TPSA) is 57.7 Å². The number of carbonyl (C=O) groups is 3. The van der Waals surface area contributed by atoms with Gasteiger partial charge in [-0.25, -0.2) is 9.29 Å². The number of halogens is 3. The fourth-order valence-corrected chi connectivity index (χ4v) is 5.47. The Bertz CT molecular complexity index is 1070. The first-order valence-electron chi connectivity index (χ1n) is 9.77. The third kappa shape index (κ3) is 2.82. The first kappa shape index (κ1) is 19.7. The van der Waals surface area contributed by atoms with Crippen LogP contribution in [0.2, 0.25) is 10.0 Å². The number of hydrogen-bond donors (Lipinski definition) is 0. The number of imide groups is 1. The van der Waals surface area contributed by atoms with Gasteiger partial charge in [-0.15, -0.1) is 0 Å². The highest BCUT2D eigenvalue weighted by molar-refractivity contribution is 6.42. The summed E-state index contributed by atoms with van der Waals surface area (Å²) in [6.07, 6.45) is 1.61. The molecule has 3 aliphatic rings. The molecule has 0 saturated carbocycles. The number of Topliss-reactive ketones (excluding diaryl/α,β-unsaturated/α-hetero) is 1. The van der Waals surface area contributed by atoms with E-state index in [1.54, 1.807) is 6.07 Å². The summed E-state index contributed by atoms with van der Waals surface area (Å²) in [6, 6.07) is 9.01. The van der Waals surface area contributed by atoms with Gasteiger partial charge in [0.1, 0.15) is 5.82 Å². The zero-order valence-corrected chi connectivity index (χ0v) is 17.2. The molecule has 3 fully saturated rings. The third-order valence-electron chi connectivity index (χ3n) is 6.41. The van der Waals surface area contributed by atoms with Crippen LogP contribution in [-0.2, 0) is 9.59 Å². The largest absolute Gasteiger partial charge is 0.292 e. The van der Waals surface area contributed by atoms with E-state index in [4.69, 9.17) is 23.2 Å². The Kier molecular flexibility index (Phi) is 4.69. The molecule has 5 rings (SSSR count). The summed E-state index contributed by atoms with van der Waals surface area (Å²) in [5, 5.41) is 0.569. The lowest BCUT2D eigenvalue weighted by Gasteiger charge is -2.27. The molecule has 0 N–H and O–H groups in total. The van der Waals surface area contributed by atoms with Crippen molar-refractivity contribution in [1.82, 2.24) is 4.90 Å². The van der Waals surface area contributed by atoms with Crippen LogP contribution >= 0.6 is 23.2 Å². The number of ketones is 1. The highest BCUT2D eigenvalue weighted by Gasteiger charge is 2.64.